The highest BCUT2D eigenvalue weighted by Crippen LogP contribution is 2.21. The maximum atomic E-state index is 12.1. The van der Waals surface area contributed by atoms with Crippen molar-refractivity contribution in [2.75, 3.05) is 6.61 Å². The fourth-order valence-corrected chi connectivity index (χ4v) is 3.82. The molecule has 1 atom stereocenters. The van der Waals surface area contributed by atoms with Gasteiger partial charge in [0.1, 0.15) is 18.5 Å². The van der Waals surface area contributed by atoms with Crippen molar-refractivity contribution in [2.24, 2.45) is 14.1 Å². The average Bonchev–Trinajstić information content (AvgIpc) is 3.07. The molecular formula is C26H27N3O5. The number of carboxylic acids is 1. The molecule has 3 aromatic carbocycles. The van der Waals surface area contributed by atoms with Crippen molar-refractivity contribution in [3.63, 3.8) is 0 Å². The summed E-state index contributed by atoms with van der Waals surface area (Å²) in [5.41, 5.74) is 4.51. The van der Waals surface area contributed by atoms with Gasteiger partial charge in [0, 0.05) is 27.2 Å². The second-order valence-corrected chi connectivity index (χ2v) is 8.23. The summed E-state index contributed by atoms with van der Waals surface area (Å²) in [5.74, 6) is -0.279. The number of ether oxygens (including phenoxy) is 1. The molecule has 34 heavy (non-hydrogen) atoms. The number of aryl methyl sites for hydroxylation is 2. The molecule has 1 heterocycles. The summed E-state index contributed by atoms with van der Waals surface area (Å²) in [6, 6.07) is 19.9. The molecule has 0 bridgehead atoms. The van der Waals surface area contributed by atoms with Gasteiger partial charge in [0.25, 0.3) is 0 Å². The number of aliphatic hydroxyl groups excluding tert-OH is 1. The maximum Gasteiger partial charge on any atom is 0.335 e. The van der Waals surface area contributed by atoms with Crippen molar-refractivity contribution in [2.45, 2.75) is 19.2 Å². The van der Waals surface area contributed by atoms with Gasteiger partial charge < -0.3 is 20.3 Å². The van der Waals surface area contributed by atoms with Gasteiger partial charge in [-0.2, -0.15) is 0 Å². The first kappa shape index (κ1) is 23.3. The van der Waals surface area contributed by atoms with E-state index >= 15 is 0 Å². The molecular weight excluding hydrogens is 434 g/mol. The molecule has 0 aliphatic rings. The Labute approximate surface area is 196 Å². The summed E-state index contributed by atoms with van der Waals surface area (Å²) >= 11 is 0. The number of rotatable bonds is 9. The Hall–Kier alpha value is -3.88. The van der Waals surface area contributed by atoms with Crippen LogP contribution in [0, 0.1) is 0 Å². The van der Waals surface area contributed by atoms with Crippen LogP contribution in [0.15, 0.2) is 71.5 Å². The molecule has 4 rings (SSSR count). The minimum Gasteiger partial charge on any atom is -0.491 e. The number of hydrogen-bond acceptors (Lipinski definition) is 5. The van der Waals surface area contributed by atoms with E-state index in [1.54, 1.807) is 53.6 Å². The molecule has 0 aliphatic heterocycles. The fourth-order valence-electron chi connectivity index (χ4n) is 3.82. The van der Waals surface area contributed by atoms with Crippen molar-refractivity contribution in [3.8, 4) is 5.75 Å². The standard InChI is InChI=1S/C26H27N3O5/c1-28-22-12-9-20(13-23(22)29(2)26(28)33)24(30)16-34-21-10-5-18(6-11-21)15-27-14-17-3-7-19(8-4-17)25(31)32/h3-13,24,27,30H,14-16H2,1-2H3,(H,31,32)/t24-/m1/s1. The van der Waals surface area contributed by atoms with E-state index in [1.807, 2.05) is 36.4 Å². The molecule has 0 aliphatic carbocycles. The van der Waals surface area contributed by atoms with Gasteiger partial charge in [0.15, 0.2) is 0 Å². The summed E-state index contributed by atoms with van der Waals surface area (Å²) in [4.78, 5) is 23.0. The van der Waals surface area contributed by atoms with Crippen molar-refractivity contribution in [1.29, 1.82) is 0 Å². The van der Waals surface area contributed by atoms with E-state index < -0.39 is 12.1 Å². The highest BCUT2D eigenvalue weighted by Gasteiger charge is 2.13. The normalized spacial score (nSPS) is 12.1. The minimum atomic E-state index is -0.932. The first-order chi connectivity index (χ1) is 16.3. The number of aliphatic hydroxyl groups is 1. The van der Waals surface area contributed by atoms with E-state index in [4.69, 9.17) is 9.84 Å². The highest BCUT2D eigenvalue weighted by atomic mass is 16.5. The molecule has 0 saturated heterocycles. The number of benzene rings is 3. The van der Waals surface area contributed by atoms with Crippen LogP contribution in [0.1, 0.15) is 33.2 Å². The lowest BCUT2D eigenvalue weighted by Gasteiger charge is -2.14. The highest BCUT2D eigenvalue weighted by molar-refractivity contribution is 5.87. The van der Waals surface area contributed by atoms with E-state index in [-0.39, 0.29) is 17.9 Å². The molecule has 0 fully saturated rings. The van der Waals surface area contributed by atoms with Crippen LogP contribution in [0.5, 0.6) is 5.75 Å². The van der Waals surface area contributed by atoms with Gasteiger partial charge in [-0.1, -0.05) is 30.3 Å². The number of carbonyl (C=O) groups is 1. The van der Waals surface area contributed by atoms with Gasteiger partial charge >= 0.3 is 11.7 Å². The number of hydrogen-bond donors (Lipinski definition) is 3. The number of imidazole rings is 1. The summed E-state index contributed by atoms with van der Waals surface area (Å²) in [7, 11) is 3.43. The quantitative estimate of drug-likeness (QED) is 0.354. The molecule has 0 amide bonds. The number of aromatic nitrogens is 2. The van der Waals surface area contributed by atoms with Crippen molar-refractivity contribution >= 4 is 17.0 Å². The molecule has 0 saturated carbocycles. The topological polar surface area (TPSA) is 106 Å². The minimum absolute atomic E-state index is 0.0935. The molecule has 0 spiro atoms. The average molecular weight is 462 g/mol. The Kier molecular flexibility index (Phi) is 6.81. The number of carboxylic acid groups (broad SMARTS) is 1. The second kappa shape index (κ2) is 9.94. The number of nitrogens with zero attached hydrogens (tertiary/aromatic N) is 2. The molecule has 8 heteroatoms. The Morgan fingerprint density at radius 2 is 1.50 bits per heavy atom. The van der Waals surface area contributed by atoms with Crippen LogP contribution in [0.3, 0.4) is 0 Å². The Balaban J connectivity index is 1.29. The maximum absolute atomic E-state index is 12.1. The third-order valence-electron chi connectivity index (χ3n) is 5.87. The SMILES string of the molecule is Cn1c(=O)n(C)c2cc([C@H](O)COc3ccc(CNCc4ccc(C(=O)O)cc4)cc3)ccc21. The molecule has 0 unspecified atom stereocenters. The lowest BCUT2D eigenvalue weighted by atomic mass is 10.1. The zero-order valence-corrected chi connectivity index (χ0v) is 19.1. The summed E-state index contributed by atoms with van der Waals surface area (Å²) in [6.07, 6.45) is -0.825. The second-order valence-electron chi connectivity index (χ2n) is 8.23. The largest absolute Gasteiger partial charge is 0.491 e. The van der Waals surface area contributed by atoms with E-state index in [0.717, 1.165) is 22.2 Å². The lowest BCUT2D eigenvalue weighted by molar-refractivity contribution is 0.0697. The van der Waals surface area contributed by atoms with E-state index in [1.165, 1.54) is 0 Å². The van der Waals surface area contributed by atoms with Crippen molar-refractivity contribution in [3.05, 3.63) is 99.5 Å². The van der Waals surface area contributed by atoms with Gasteiger partial charge in [-0.05, 0) is 53.1 Å². The zero-order valence-electron chi connectivity index (χ0n) is 19.1. The van der Waals surface area contributed by atoms with E-state index in [9.17, 15) is 14.7 Å². The fraction of sp³-hybridized carbons (Fsp3) is 0.231. The lowest BCUT2D eigenvalue weighted by Crippen LogP contribution is -2.19. The summed E-state index contributed by atoms with van der Waals surface area (Å²) < 4.78 is 8.90. The third kappa shape index (κ3) is 5.03. The molecule has 0 radical (unpaired) electrons. The van der Waals surface area contributed by atoms with Crippen LogP contribution in [0.25, 0.3) is 11.0 Å². The molecule has 176 valence electrons. The van der Waals surface area contributed by atoms with Crippen LogP contribution in [0.4, 0.5) is 0 Å². The number of aromatic carboxylic acids is 1. The van der Waals surface area contributed by atoms with Gasteiger partial charge in [-0.15, -0.1) is 0 Å². The van der Waals surface area contributed by atoms with Crippen molar-refractivity contribution < 1.29 is 19.7 Å². The van der Waals surface area contributed by atoms with E-state index in [0.29, 0.717) is 24.4 Å². The first-order valence-corrected chi connectivity index (χ1v) is 10.9. The smallest absolute Gasteiger partial charge is 0.335 e. The third-order valence-corrected chi connectivity index (χ3v) is 5.87. The Bertz CT molecular complexity index is 1350. The number of fused-ring (bicyclic) bond motifs is 1. The van der Waals surface area contributed by atoms with Gasteiger partial charge in [-0.3, -0.25) is 9.13 Å². The van der Waals surface area contributed by atoms with Crippen LogP contribution in [0.2, 0.25) is 0 Å². The van der Waals surface area contributed by atoms with Gasteiger partial charge in [0.2, 0.25) is 0 Å². The van der Waals surface area contributed by atoms with E-state index in [2.05, 4.69) is 5.32 Å². The Morgan fingerprint density at radius 1 is 0.912 bits per heavy atom. The van der Waals surface area contributed by atoms with Crippen LogP contribution < -0.4 is 15.7 Å². The predicted molar refractivity (Wildman–Crippen MR) is 129 cm³/mol. The monoisotopic (exact) mass is 461 g/mol. The van der Waals surface area contributed by atoms with Crippen LogP contribution >= 0.6 is 0 Å². The first-order valence-electron chi connectivity index (χ1n) is 10.9. The van der Waals surface area contributed by atoms with Crippen LogP contribution in [-0.2, 0) is 27.2 Å². The molecule has 3 N–H and O–H groups in total. The van der Waals surface area contributed by atoms with Gasteiger partial charge in [-0.25, -0.2) is 9.59 Å². The predicted octanol–water partition coefficient (Wildman–Crippen LogP) is 2.98. The summed E-state index contributed by atoms with van der Waals surface area (Å²) in [5, 5.41) is 22.9. The number of nitrogens with one attached hydrogen (secondary N) is 1. The van der Waals surface area contributed by atoms with Gasteiger partial charge in [0.05, 0.1) is 16.6 Å². The van der Waals surface area contributed by atoms with Crippen LogP contribution in [-0.4, -0.2) is 31.9 Å². The van der Waals surface area contributed by atoms with Crippen molar-refractivity contribution in [1.82, 2.24) is 14.5 Å². The summed E-state index contributed by atoms with van der Waals surface area (Å²) in [6.45, 7) is 1.37. The zero-order chi connectivity index (χ0) is 24.2. The molecule has 1 aromatic heterocycles. The Morgan fingerprint density at radius 3 is 2.12 bits per heavy atom. The molecule has 8 nitrogen and oxygen atoms in total. The molecule has 4 aromatic rings.